The highest BCUT2D eigenvalue weighted by Gasteiger charge is 2.63. The summed E-state index contributed by atoms with van der Waals surface area (Å²) < 4.78 is 0.664. The fourth-order valence-corrected chi connectivity index (χ4v) is 6.55. The van der Waals surface area contributed by atoms with Gasteiger partial charge in [0.15, 0.2) is 6.10 Å². The Labute approximate surface area is 205 Å². The average molecular weight is 499 g/mol. The molecule has 9 nitrogen and oxygen atoms in total. The number of thiocarbonyl (C=S) groups is 1. The minimum Gasteiger partial charge on any atom is -0.353 e. The summed E-state index contributed by atoms with van der Waals surface area (Å²) in [4.78, 5) is 47.4. The minimum absolute atomic E-state index is 0.0939. The Bertz CT molecular complexity index is 1210. The number of hydroxylamine groups is 2. The smallest absolute Gasteiger partial charge is 0.269 e. The van der Waals surface area contributed by atoms with E-state index in [0.717, 1.165) is 4.90 Å². The first kappa shape index (κ1) is 22.9. The molecule has 0 bridgehead atoms. The van der Waals surface area contributed by atoms with Crippen LogP contribution in [0.15, 0.2) is 54.6 Å². The zero-order valence-corrected chi connectivity index (χ0v) is 20.3. The van der Waals surface area contributed by atoms with E-state index in [1.54, 1.807) is 47.5 Å². The van der Waals surface area contributed by atoms with E-state index in [4.69, 9.17) is 17.1 Å². The summed E-state index contributed by atoms with van der Waals surface area (Å²) >= 11 is 6.93. The van der Waals surface area contributed by atoms with Crippen molar-refractivity contribution in [1.29, 1.82) is 0 Å². The molecular formula is C23H22N4O5S2. The molecule has 0 saturated carbocycles. The third-order valence-electron chi connectivity index (χ3n) is 6.77. The van der Waals surface area contributed by atoms with Crippen molar-refractivity contribution in [3.8, 4) is 0 Å². The lowest BCUT2D eigenvalue weighted by atomic mass is 9.89. The maximum absolute atomic E-state index is 13.7. The fraction of sp³-hybridized carbons (Fsp3) is 0.348. The van der Waals surface area contributed by atoms with Crippen LogP contribution in [0.1, 0.15) is 25.5 Å². The van der Waals surface area contributed by atoms with Gasteiger partial charge in [0.25, 0.3) is 11.6 Å². The van der Waals surface area contributed by atoms with Gasteiger partial charge in [-0.25, -0.2) is 4.90 Å². The lowest BCUT2D eigenvalue weighted by Gasteiger charge is -2.39. The normalized spacial score (nSPS) is 28.6. The van der Waals surface area contributed by atoms with Gasteiger partial charge in [0.1, 0.15) is 9.69 Å². The van der Waals surface area contributed by atoms with Crippen molar-refractivity contribution in [2.24, 2.45) is 5.92 Å². The third-order valence-corrected chi connectivity index (χ3v) is 8.81. The zero-order valence-electron chi connectivity index (χ0n) is 18.7. The fourth-order valence-electron chi connectivity index (χ4n) is 4.73. The molecule has 2 aromatic rings. The van der Waals surface area contributed by atoms with E-state index in [-0.39, 0.29) is 11.1 Å². The number of nitro benzene ring substituents is 1. The van der Waals surface area contributed by atoms with E-state index in [2.05, 4.69) is 0 Å². The lowest BCUT2D eigenvalue weighted by molar-refractivity contribution is -0.385. The number of thioether (sulfide) groups is 1. The van der Waals surface area contributed by atoms with Gasteiger partial charge in [-0.1, -0.05) is 54.3 Å². The summed E-state index contributed by atoms with van der Waals surface area (Å²) in [6, 6.07) is 14.2. The first-order valence-corrected chi connectivity index (χ1v) is 12.0. The second-order valence-electron chi connectivity index (χ2n) is 9.00. The van der Waals surface area contributed by atoms with E-state index >= 15 is 0 Å². The lowest BCUT2D eigenvalue weighted by Crippen LogP contribution is -2.51. The predicted molar refractivity (Wildman–Crippen MR) is 131 cm³/mol. The van der Waals surface area contributed by atoms with Gasteiger partial charge in [0.05, 0.1) is 28.1 Å². The Hall–Kier alpha value is -2.86. The molecule has 0 spiro atoms. The molecule has 0 unspecified atom stereocenters. The topological polar surface area (TPSA) is 96.2 Å². The number of fused-ring (bicyclic) bond motifs is 1. The maximum atomic E-state index is 13.7. The van der Waals surface area contributed by atoms with Gasteiger partial charge in [-0.2, -0.15) is 5.06 Å². The van der Waals surface area contributed by atoms with E-state index in [1.165, 1.54) is 23.9 Å². The molecule has 3 heterocycles. The van der Waals surface area contributed by atoms with Crippen LogP contribution in [0.25, 0.3) is 0 Å². The molecule has 3 aliphatic heterocycles. The number of benzene rings is 2. The Morgan fingerprint density at radius 1 is 1.09 bits per heavy atom. The van der Waals surface area contributed by atoms with Gasteiger partial charge in [-0.3, -0.25) is 24.5 Å². The van der Waals surface area contributed by atoms with Gasteiger partial charge in [-0.15, -0.1) is 0 Å². The molecule has 3 aliphatic rings. The summed E-state index contributed by atoms with van der Waals surface area (Å²) in [6.07, 6.45) is -1.03. The number of nitrogens with zero attached hydrogens (tertiary/aromatic N) is 4. The third kappa shape index (κ3) is 3.34. The number of imide groups is 1. The number of non-ortho nitro benzene ring substituents is 1. The van der Waals surface area contributed by atoms with Crippen molar-refractivity contribution >= 4 is 51.5 Å². The van der Waals surface area contributed by atoms with E-state index in [9.17, 15) is 19.7 Å². The van der Waals surface area contributed by atoms with Gasteiger partial charge >= 0.3 is 0 Å². The van der Waals surface area contributed by atoms with Gasteiger partial charge in [0, 0.05) is 19.2 Å². The number of anilines is 1. The number of nitro groups is 1. The van der Waals surface area contributed by atoms with Crippen LogP contribution in [0.4, 0.5) is 11.4 Å². The van der Waals surface area contributed by atoms with Crippen molar-refractivity contribution in [2.75, 3.05) is 11.9 Å². The summed E-state index contributed by atoms with van der Waals surface area (Å²) in [5, 5.41) is 12.8. The van der Waals surface area contributed by atoms with Crippen LogP contribution < -0.4 is 4.90 Å². The number of carbonyl (C=O) groups is 2. The van der Waals surface area contributed by atoms with E-state index in [1.807, 2.05) is 25.8 Å². The molecule has 176 valence electrons. The molecule has 4 atom stereocenters. The SMILES string of the molecule is CN1C(=S)S[C@H](N2O[C@@H]3C(=O)N(c4ccccc4)C(=O)[C@H]3[C@H]2c2cccc([N+](=O)[O-])c2)C1(C)C. The standard InChI is InChI=1S/C23H22N4O5S2/c1-23(2)21(34-22(33)24(23)3)26-17(13-8-7-11-15(12-13)27(30)31)16-18(32-26)20(29)25(19(16)28)14-9-5-4-6-10-14/h4-12,16-18,21H,1-3H3/t16-,17+,18-,21-/m0/s1. The molecule has 3 saturated heterocycles. The van der Waals surface area contributed by atoms with Crippen molar-refractivity contribution < 1.29 is 19.3 Å². The molecule has 5 rings (SSSR count). The van der Waals surface area contributed by atoms with Gasteiger partial charge in [0.2, 0.25) is 5.91 Å². The minimum atomic E-state index is -1.03. The van der Waals surface area contributed by atoms with Gasteiger partial charge in [-0.05, 0) is 31.5 Å². The number of hydrogen-bond acceptors (Lipinski definition) is 8. The monoisotopic (exact) mass is 498 g/mol. The molecule has 11 heteroatoms. The summed E-state index contributed by atoms with van der Waals surface area (Å²) in [5.41, 5.74) is 0.430. The number of likely N-dealkylation sites (N-methyl/N-ethyl adjacent to an activating group) is 1. The second-order valence-corrected chi connectivity index (χ2v) is 10.7. The van der Waals surface area contributed by atoms with Crippen molar-refractivity contribution in [3.05, 3.63) is 70.3 Å². The molecule has 0 radical (unpaired) electrons. The van der Waals surface area contributed by atoms with Crippen LogP contribution in [0.2, 0.25) is 0 Å². The number of amides is 2. The zero-order chi connectivity index (χ0) is 24.4. The largest absolute Gasteiger partial charge is 0.353 e. The number of rotatable bonds is 4. The highest BCUT2D eigenvalue weighted by Crippen LogP contribution is 2.52. The van der Waals surface area contributed by atoms with Crippen molar-refractivity contribution in [2.45, 2.75) is 36.9 Å². The Balaban J connectivity index is 1.61. The van der Waals surface area contributed by atoms with Crippen molar-refractivity contribution in [1.82, 2.24) is 9.96 Å². The number of hydrogen-bond donors (Lipinski definition) is 0. The molecule has 0 aliphatic carbocycles. The van der Waals surface area contributed by atoms with Crippen LogP contribution in [-0.2, 0) is 14.4 Å². The molecule has 2 amide bonds. The summed E-state index contributed by atoms with van der Waals surface area (Å²) in [7, 11) is 1.89. The molecule has 34 heavy (non-hydrogen) atoms. The Morgan fingerprint density at radius 2 is 1.79 bits per heavy atom. The van der Waals surface area contributed by atoms with Crippen LogP contribution >= 0.6 is 24.0 Å². The van der Waals surface area contributed by atoms with E-state index < -0.39 is 40.3 Å². The highest BCUT2D eigenvalue weighted by atomic mass is 32.2. The predicted octanol–water partition coefficient (Wildman–Crippen LogP) is 3.51. The van der Waals surface area contributed by atoms with Crippen LogP contribution in [-0.4, -0.2) is 55.1 Å². The highest BCUT2D eigenvalue weighted by molar-refractivity contribution is 8.23. The van der Waals surface area contributed by atoms with Crippen LogP contribution in [0, 0.1) is 16.0 Å². The maximum Gasteiger partial charge on any atom is 0.269 e. The summed E-state index contributed by atoms with van der Waals surface area (Å²) in [5.74, 6) is -1.70. The van der Waals surface area contributed by atoms with Gasteiger partial charge < -0.3 is 4.90 Å². The Morgan fingerprint density at radius 3 is 2.41 bits per heavy atom. The second kappa shape index (κ2) is 8.12. The van der Waals surface area contributed by atoms with E-state index in [0.29, 0.717) is 15.6 Å². The first-order chi connectivity index (χ1) is 16.1. The van der Waals surface area contributed by atoms with Crippen LogP contribution in [0.3, 0.4) is 0 Å². The molecule has 0 aromatic heterocycles. The molecular weight excluding hydrogens is 476 g/mol. The number of carbonyl (C=O) groups excluding carboxylic acids is 2. The van der Waals surface area contributed by atoms with Crippen molar-refractivity contribution in [3.63, 3.8) is 0 Å². The Kier molecular flexibility index (Phi) is 5.47. The quantitative estimate of drug-likeness (QED) is 0.272. The summed E-state index contributed by atoms with van der Waals surface area (Å²) in [6.45, 7) is 4.01. The average Bonchev–Trinajstić information content (AvgIpc) is 3.39. The first-order valence-electron chi connectivity index (χ1n) is 10.7. The van der Waals surface area contributed by atoms with Crippen LogP contribution in [0.5, 0.6) is 0 Å². The molecule has 3 fully saturated rings. The molecule has 2 aromatic carbocycles. The number of para-hydroxylation sites is 1. The molecule has 0 N–H and O–H groups in total.